The molecule has 0 saturated heterocycles. The Morgan fingerprint density at radius 3 is 2.52 bits per heavy atom. The topological polar surface area (TPSA) is 97.6 Å². The molecule has 27 heavy (non-hydrogen) atoms. The van der Waals surface area contributed by atoms with Gasteiger partial charge in [0.1, 0.15) is 16.9 Å². The number of hydrazine groups is 1. The number of halogens is 1. The highest BCUT2D eigenvalue weighted by Crippen LogP contribution is 2.17. The Labute approximate surface area is 162 Å². The Balaban J connectivity index is 1.63. The second-order valence-corrected chi connectivity index (χ2v) is 6.56. The highest BCUT2D eigenvalue weighted by molar-refractivity contribution is 9.10. The smallest absolute Gasteiger partial charge is 0.349 e. The molecule has 0 bridgehead atoms. The maximum absolute atomic E-state index is 12.2. The lowest BCUT2D eigenvalue weighted by Gasteiger charge is -2.15. The molecule has 0 aliphatic heterocycles. The van der Waals surface area contributed by atoms with Crippen LogP contribution >= 0.6 is 15.9 Å². The fourth-order valence-electron chi connectivity index (χ4n) is 2.28. The second kappa shape index (κ2) is 8.05. The van der Waals surface area contributed by atoms with E-state index in [4.69, 9.17) is 9.15 Å². The normalized spacial score (nSPS) is 11.6. The summed E-state index contributed by atoms with van der Waals surface area (Å²) in [6.07, 6.45) is -0.862. The number of carbonyl (C=O) groups is 2. The Morgan fingerprint density at radius 1 is 1.07 bits per heavy atom. The van der Waals surface area contributed by atoms with Crippen molar-refractivity contribution in [3.8, 4) is 5.75 Å². The number of carbonyl (C=O) groups excluding carboxylic acids is 2. The highest BCUT2D eigenvalue weighted by Gasteiger charge is 2.18. The summed E-state index contributed by atoms with van der Waals surface area (Å²) >= 11 is 3.31. The quantitative estimate of drug-likeness (QED) is 0.489. The zero-order chi connectivity index (χ0) is 19.4. The van der Waals surface area contributed by atoms with Crippen molar-refractivity contribution in [3.05, 3.63) is 75.1 Å². The second-order valence-electron chi connectivity index (χ2n) is 5.64. The molecule has 0 saturated carbocycles. The van der Waals surface area contributed by atoms with Crippen LogP contribution in [0.3, 0.4) is 0 Å². The molecule has 3 aromatic rings. The first-order valence-electron chi connectivity index (χ1n) is 7.99. The largest absolute Gasteiger partial charge is 0.481 e. The predicted molar refractivity (Wildman–Crippen MR) is 102 cm³/mol. The lowest BCUT2D eigenvalue weighted by Crippen LogP contribution is -2.48. The zero-order valence-corrected chi connectivity index (χ0v) is 15.8. The first kappa shape index (κ1) is 18.7. The van der Waals surface area contributed by atoms with E-state index >= 15 is 0 Å². The molecular weight excluding hydrogens is 416 g/mol. The molecule has 1 atom stereocenters. The lowest BCUT2D eigenvalue weighted by molar-refractivity contribution is -0.128. The van der Waals surface area contributed by atoms with Crippen LogP contribution in [-0.2, 0) is 4.79 Å². The summed E-state index contributed by atoms with van der Waals surface area (Å²) in [6, 6.07) is 15.2. The molecule has 7 nitrogen and oxygen atoms in total. The standard InChI is InChI=1S/C19H15BrN2O5/c1-11(26-14-8-6-13(20)7-9-14)17(23)21-22-18(24)15-10-12-4-2-3-5-16(12)27-19(15)25/h2-11H,1H3,(H,21,23)(H,22,24)/t11-/m1/s1. The summed E-state index contributed by atoms with van der Waals surface area (Å²) in [7, 11) is 0. The van der Waals surface area contributed by atoms with Gasteiger partial charge in [0.05, 0.1) is 0 Å². The van der Waals surface area contributed by atoms with Crippen LogP contribution in [-0.4, -0.2) is 17.9 Å². The Kier molecular flexibility index (Phi) is 5.56. The molecular formula is C19H15BrN2O5. The van der Waals surface area contributed by atoms with E-state index in [2.05, 4.69) is 26.8 Å². The molecule has 0 fully saturated rings. The average Bonchev–Trinajstić information content (AvgIpc) is 2.67. The fraction of sp³-hybridized carbons (Fsp3) is 0.105. The van der Waals surface area contributed by atoms with E-state index in [-0.39, 0.29) is 5.56 Å². The van der Waals surface area contributed by atoms with Crippen LogP contribution < -0.4 is 21.2 Å². The Bertz CT molecular complexity index is 1050. The van der Waals surface area contributed by atoms with Gasteiger partial charge in [0.15, 0.2) is 6.10 Å². The molecule has 1 aromatic heterocycles. The number of para-hydroxylation sites is 1. The minimum Gasteiger partial charge on any atom is -0.481 e. The number of nitrogens with one attached hydrogen (secondary N) is 2. The molecule has 0 spiro atoms. The molecule has 2 N–H and O–H groups in total. The first-order valence-corrected chi connectivity index (χ1v) is 8.78. The highest BCUT2D eigenvalue weighted by atomic mass is 79.9. The van der Waals surface area contributed by atoms with Gasteiger partial charge >= 0.3 is 5.63 Å². The number of rotatable bonds is 4. The van der Waals surface area contributed by atoms with E-state index in [1.807, 2.05) is 0 Å². The molecule has 0 radical (unpaired) electrons. The Hall–Kier alpha value is -3.13. The summed E-state index contributed by atoms with van der Waals surface area (Å²) in [5.41, 5.74) is 3.80. The molecule has 0 aliphatic rings. The van der Waals surface area contributed by atoms with Gasteiger partial charge in [0.25, 0.3) is 11.8 Å². The average molecular weight is 431 g/mol. The van der Waals surface area contributed by atoms with Gasteiger partial charge in [-0.05, 0) is 43.3 Å². The molecule has 138 valence electrons. The van der Waals surface area contributed by atoms with Crippen LogP contribution in [0.5, 0.6) is 5.75 Å². The van der Waals surface area contributed by atoms with Gasteiger partial charge in [-0.1, -0.05) is 34.1 Å². The molecule has 3 rings (SSSR count). The minimum atomic E-state index is -0.862. The molecule has 2 aromatic carbocycles. The maximum Gasteiger partial charge on any atom is 0.349 e. The van der Waals surface area contributed by atoms with Gasteiger partial charge in [-0.2, -0.15) is 0 Å². The van der Waals surface area contributed by atoms with Crippen molar-refractivity contribution in [1.82, 2.24) is 10.9 Å². The number of hydrogen-bond donors (Lipinski definition) is 2. The van der Waals surface area contributed by atoms with Crippen molar-refractivity contribution in [2.24, 2.45) is 0 Å². The first-order chi connectivity index (χ1) is 12.9. The van der Waals surface area contributed by atoms with Gasteiger partial charge < -0.3 is 9.15 Å². The summed E-state index contributed by atoms with van der Waals surface area (Å²) in [5.74, 6) is -0.850. The van der Waals surface area contributed by atoms with Crippen LogP contribution in [0, 0.1) is 0 Å². The van der Waals surface area contributed by atoms with Crippen LogP contribution in [0.25, 0.3) is 11.0 Å². The molecule has 2 amide bonds. The van der Waals surface area contributed by atoms with Crippen LogP contribution in [0.4, 0.5) is 0 Å². The molecule has 8 heteroatoms. The van der Waals surface area contributed by atoms with Crippen molar-refractivity contribution in [3.63, 3.8) is 0 Å². The third kappa shape index (κ3) is 4.53. The summed E-state index contributed by atoms with van der Waals surface area (Å²) in [4.78, 5) is 36.2. The van der Waals surface area contributed by atoms with Crippen molar-refractivity contribution < 1.29 is 18.7 Å². The van der Waals surface area contributed by atoms with E-state index in [9.17, 15) is 14.4 Å². The van der Waals surface area contributed by atoms with Gasteiger partial charge in [-0.15, -0.1) is 0 Å². The van der Waals surface area contributed by atoms with E-state index in [1.165, 1.54) is 13.0 Å². The van der Waals surface area contributed by atoms with Crippen LogP contribution in [0.2, 0.25) is 0 Å². The monoisotopic (exact) mass is 430 g/mol. The van der Waals surface area contributed by atoms with Crippen molar-refractivity contribution >= 4 is 38.7 Å². The minimum absolute atomic E-state index is 0.213. The number of ether oxygens (including phenoxy) is 1. The van der Waals surface area contributed by atoms with Gasteiger partial charge in [-0.25, -0.2) is 4.79 Å². The molecule has 1 heterocycles. The third-order valence-electron chi connectivity index (χ3n) is 3.68. The predicted octanol–water partition coefficient (Wildman–Crippen LogP) is 2.78. The SMILES string of the molecule is C[C@@H](Oc1ccc(Br)cc1)C(=O)NNC(=O)c1cc2ccccc2oc1=O. The van der Waals surface area contributed by atoms with E-state index in [1.54, 1.807) is 48.5 Å². The lowest BCUT2D eigenvalue weighted by atomic mass is 10.2. The third-order valence-corrected chi connectivity index (χ3v) is 4.21. The van der Waals surface area contributed by atoms with Gasteiger partial charge in [0.2, 0.25) is 0 Å². The van der Waals surface area contributed by atoms with E-state index in [0.29, 0.717) is 16.7 Å². The fourth-order valence-corrected chi connectivity index (χ4v) is 2.54. The molecule has 0 unspecified atom stereocenters. The van der Waals surface area contributed by atoms with Crippen molar-refractivity contribution in [1.29, 1.82) is 0 Å². The summed E-state index contributed by atoms with van der Waals surface area (Å²) in [6.45, 7) is 1.54. The molecule has 0 aliphatic carbocycles. The zero-order valence-electron chi connectivity index (χ0n) is 14.2. The van der Waals surface area contributed by atoms with Crippen LogP contribution in [0.15, 0.2) is 68.3 Å². The van der Waals surface area contributed by atoms with Crippen LogP contribution in [0.1, 0.15) is 17.3 Å². The van der Waals surface area contributed by atoms with E-state index in [0.717, 1.165) is 4.47 Å². The van der Waals surface area contributed by atoms with Crippen molar-refractivity contribution in [2.45, 2.75) is 13.0 Å². The van der Waals surface area contributed by atoms with Crippen molar-refractivity contribution in [2.75, 3.05) is 0 Å². The summed E-state index contributed by atoms with van der Waals surface area (Å²) in [5, 5.41) is 0.598. The van der Waals surface area contributed by atoms with Gasteiger partial charge in [-0.3, -0.25) is 20.4 Å². The number of amides is 2. The summed E-state index contributed by atoms with van der Waals surface area (Å²) < 4.78 is 11.5. The maximum atomic E-state index is 12.2. The Morgan fingerprint density at radius 2 is 1.78 bits per heavy atom. The van der Waals surface area contributed by atoms with Gasteiger partial charge in [0, 0.05) is 9.86 Å². The number of fused-ring (bicyclic) bond motifs is 1. The number of hydrogen-bond acceptors (Lipinski definition) is 5. The van der Waals surface area contributed by atoms with E-state index < -0.39 is 23.5 Å². The number of benzene rings is 2.